The van der Waals surface area contributed by atoms with Crippen LogP contribution in [0, 0.1) is 6.92 Å². The number of carbonyl (C=O) groups excluding carboxylic acids is 1. The van der Waals surface area contributed by atoms with Crippen LogP contribution in [0.15, 0.2) is 48.5 Å². The molecule has 0 N–H and O–H groups in total. The van der Waals surface area contributed by atoms with E-state index in [4.69, 9.17) is 0 Å². The first-order chi connectivity index (χ1) is 7.66. The maximum absolute atomic E-state index is 11.1. The van der Waals surface area contributed by atoms with Gasteiger partial charge in [-0.15, -0.1) is 0 Å². The summed E-state index contributed by atoms with van der Waals surface area (Å²) < 4.78 is 0. The monoisotopic (exact) mass is 226 g/mol. The highest BCUT2D eigenvalue weighted by molar-refractivity contribution is 5.94. The molecule has 0 aliphatic heterocycles. The van der Waals surface area contributed by atoms with Gasteiger partial charge >= 0.3 is 0 Å². The predicted molar refractivity (Wildman–Crippen MR) is 73.4 cm³/mol. The first-order valence-electron chi connectivity index (χ1n) is 5.35. The summed E-state index contributed by atoms with van der Waals surface area (Å²) in [7, 11) is 0. The lowest BCUT2D eigenvalue weighted by Gasteiger charge is -2.03. The van der Waals surface area contributed by atoms with Crippen LogP contribution in [0.3, 0.4) is 0 Å². The molecule has 0 amide bonds. The fourth-order valence-electron chi connectivity index (χ4n) is 1.72. The Labute approximate surface area is 103 Å². The number of benzene rings is 2. The van der Waals surface area contributed by atoms with Crippen LogP contribution in [0.5, 0.6) is 0 Å². The van der Waals surface area contributed by atoms with E-state index in [-0.39, 0.29) is 13.2 Å². The van der Waals surface area contributed by atoms with E-state index < -0.39 is 0 Å². The molecule has 88 valence electrons. The third-order valence-corrected chi connectivity index (χ3v) is 2.64. The van der Waals surface area contributed by atoms with Gasteiger partial charge in [-0.25, -0.2) is 0 Å². The molecule has 0 spiro atoms. The van der Waals surface area contributed by atoms with Crippen LogP contribution in [0.4, 0.5) is 0 Å². The number of hydrogen-bond acceptors (Lipinski definition) is 1. The van der Waals surface area contributed by atoms with Gasteiger partial charge in [-0.1, -0.05) is 61.5 Å². The molecule has 0 saturated heterocycles. The quantitative estimate of drug-likeness (QED) is 0.689. The van der Waals surface area contributed by atoms with Crippen molar-refractivity contribution >= 4 is 5.78 Å². The molecule has 0 heterocycles. The average molecular weight is 226 g/mol. The second kappa shape index (κ2) is 5.44. The van der Waals surface area contributed by atoms with Crippen LogP contribution >= 0.6 is 0 Å². The molecular weight excluding hydrogens is 208 g/mol. The van der Waals surface area contributed by atoms with E-state index >= 15 is 0 Å². The Kier molecular flexibility index (Phi) is 4.22. The largest absolute Gasteiger partial charge is 0.295 e. The van der Waals surface area contributed by atoms with Crippen molar-refractivity contribution in [3.05, 3.63) is 59.7 Å². The minimum Gasteiger partial charge on any atom is -0.295 e. The molecule has 1 heteroatoms. The van der Waals surface area contributed by atoms with Crippen molar-refractivity contribution in [2.75, 3.05) is 0 Å². The van der Waals surface area contributed by atoms with Crippen molar-refractivity contribution in [1.82, 2.24) is 0 Å². The fourth-order valence-corrected chi connectivity index (χ4v) is 1.72. The van der Waals surface area contributed by atoms with E-state index in [0.717, 1.165) is 11.1 Å². The lowest BCUT2D eigenvalue weighted by molar-refractivity contribution is 0.101. The van der Waals surface area contributed by atoms with Gasteiger partial charge in [0.05, 0.1) is 0 Å². The lowest BCUT2D eigenvalue weighted by Crippen LogP contribution is -1.90. The molecule has 2 aromatic carbocycles. The van der Waals surface area contributed by atoms with Gasteiger partial charge in [0, 0.05) is 5.56 Å². The zero-order valence-electron chi connectivity index (χ0n) is 9.53. The molecule has 0 saturated carbocycles. The Morgan fingerprint density at radius 3 is 2.12 bits per heavy atom. The van der Waals surface area contributed by atoms with Crippen LogP contribution in [0.25, 0.3) is 11.1 Å². The van der Waals surface area contributed by atoms with Gasteiger partial charge < -0.3 is 0 Å². The summed E-state index contributed by atoms with van der Waals surface area (Å²) >= 11 is 0. The molecule has 0 unspecified atom stereocenters. The van der Waals surface area contributed by atoms with Crippen molar-refractivity contribution in [1.29, 1.82) is 0 Å². The smallest absolute Gasteiger partial charge is 0.159 e. The highest BCUT2D eigenvalue weighted by Crippen LogP contribution is 2.20. The van der Waals surface area contributed by atoms with Gasteiger partial charge in [-0.3, -0.25) is 4.79 Å². The molecule has 0 bridgehead atoms. The molecule has 2 rings (SSSR count). The van der Waals surface area contributed by atoms with Gasteiger partial charge in [0.25, 0.3) is 0 Å². The third kappa shape index (κ3) is 3.04. The van der Waals surface area contributed by atoms with Gasteiger partial charge in [-0.2, -0.15) is 0 Å². The van der Waals surface area contributed by atoms with Crippen molar-refractivity contribution in [2.24, 2.45) is 0 Å². The van der Waals surface area contributed by atoms with E-state index in [1.165, 1.54) is 11.1 Å². The van der Waals surface area contributed by atoms with Crippen LogP contribution < -0.4 is 0 Å². The van der Waals surface area contributed by atoms with Gasteiger partial charge in [0.2, 0.25) is 0 Å². The minimum atomic E-state index is 0. The number of Topliss-reactive ketones (excluding diaryl/α,β-unsaturated/α-hetero) is 1. The summed E-state index contributed by atoms with van der Waals surface area (Å²) in [5, 5.41) is 0. The van der Waals surface area contributed by atoms with E-state index in [0.29, 0.717) is 0 Å². The molecule has 17 heavy (non-hydrogen) atoms. The summed E-state index contributed by atoms with van der Waals surface area (Å²) in [6, 6.07) is 16.1. The molecule has 1 nitrogen and oxygen atoms in total. The molecule has 0 atom stereocenters. The highest BCUT2D eigenvalue weighted by Gasteiger charge is 2.00. The number of ketones is 1. The maximum Gasteiger partial charge on any atom is 0.159 e. The number of carbonyl (C=O) groups is 1. The average Bonchev–Trinajstić information content (AvgIpc) is 2.29. The van der Waals surface area contributed by atoms with E-state index in [2.05, 4.69) is 25.1 Å². The number of aryl methyl sites for hydroxylation is 1. The topological polar surface area (TPSA) is 17.1 Å². The fraction of sp³-hybridized carbons (Fsp3) is 0.188. The van der Waals surface area contributed by atoms with Gasteiger partial charge in [0.1, 0.15) is 0 Å². The summed E-state index contributed by atoms with van der Waals surface area (Å²) in [6.07, 6.45) is 0. The number of rotatable bonds is 2. The Bertz CT molecular complexity index is 509. The standard InChI is InChI=1S/C15H14O.CH4/c1-11-4-3-5-15(10-11)14-8-6-13(7-9-14)12(2)16;/h3-10H,1-2H3;1H4. The van der Waals surface area contributed by atoms with E-state index in [9.17, 15) is 4.79 Å². The molecule has 0 fully saturated rings. The Morgan fingerprint density at radius 1 is 0.941 bits per heavy atom. The third-order valence-electron chi connectivity index (χ3n) is 2.64. The minimum absolute atomic E-state index is 0. The van der Waals surface area contributed by atoms with Crippen molar-refractivity contribution < 1.29 is 4.79 Å². The summed E-state index contributed by atoms with van der Waals surface area (Å²) in [6.45, 7) is 3.66. The second-order valence-corrected chi connectivity index (χ2v) is 4.00. The SMILES string of the molecule is C.CC(=O)c1ccc(-c2cccc(C)c2)cc1. The normalized spacial score (nSPS) is 9.53. The lowest BCUT2D eigenvalue weighted by atomic mass is 10.0. The summed E-state index contributed by atoms with van der Waals surface area (Å²) in [4.78, 5) is 11.1. The molecule has 0 aliphatic rings. The van der Waals surface area contributed by atoms with Gasteiger partial charge in [0.15, 0.2) is 5.78 Å². The Hall–Kier alpha value is -1.89. The molecule has 2 aromatic rings. The van der Waals surface area contributed by atoms with Crippen LogP contribution in [0.1, 0.15) is 30.3 Å². The molecular formula is C16H18O. The van der Waals surface area contributed by atoms with Crippen LogP contribution in [-0.4, -0.2) is 5.78 Å². The molecule has 0 radical (unpaired) electrons. The van der Waals surface area contributed by atoms with Crippen molar-refractivity contribution in [3.8, 4) is 11.1 Å². The first kappa shape index (κ1) is 13.2. The summed E-state index contributed by atoms with van der Waals surface area (Å²) in [5.41, 5.74) is 4.34. The Balaban J connectivity index is 0.00000144. The molecule has 0 aliphatic carbocycles. The van der Waals surface area contributed by atoms with Crippen molar-refractivity contribution in [2.45, 2.75) is 21.3 Å². The zero-order valence-corrected chi connectivity index (χ0v) is 9.53. The summed E-state index contributed by atoms with van der Waals surface area (Å²) in [5.74, 6) is 0.107. The Morgan fingerprint density at radius 2 is 1.59 bits per heavy atom. The van der Waals surface area contributed by atoms with Crippen LogP contribution in [0.2, 0.25) is 0 Å². The first-order valence-corrected chi connectivity index (χ1v) is 5.35. The molecule has 0 aromatic heterocycles. The van der Waals surface area contributed by atoms with E-state index in [1.54, 1.807) is 6.92 Å². The second-order valence-electron chi connectivity index (χ2n) is 4.00. The van der Waals surface area contributed by atoms with Gasteiger partial charge in [-0.05, 0) is 25.0 Å². The maximum atomic E-state index is 11.1. The van der Waals surface area contributed by atoms with Crippen LogP contribution in [-0.2, 0) is 0 Å². The highest BCUT2D eigenvalue weighted by atomic mass is 16.1. The number of hydrogen-bond donors (Lipinski definition) is 0. The van der Waals surface area contributed by atoms with E-state index in [1.807, 2.05) is 30.3 Å². The zero-order chi connectivity index (χ0) is 11.5. The predicted octanol–water partition coefficient (Wildman–Crippen LogP) is 4.50. The van der Waals surface area contributed by atoms with Crippen molar-refractivity contribution in [3.63, 3.8) is 0 Å².